The summed E-state index contributed by atoms with van der Waals surface area (Å²) in [5.74, 6) is -0.0424. The number of hydrogen-bond donors (Lipinski definition) is 1. The Morgan fingerprint density at radius 2 is 1.71 bits per heavy atom. The third kappa shape index (κ3) is 3.72. The smallest absolute Gasteiger partial charge is 0.320 e. The fourth-order valence-corrected chi connectivity index (χ4v) is 4.99. The van der Waals surface area contributed by atoms with Gasteiger partial charge in [-0.2, -0.15) is 0 Å². The van der Waals surface area contributed by atoms with E-state index in [-0.39, 0.29) is 36.5 Å². The Kier molecular flexibility index (Phi) is 5.02. The van der Waals surface area contributed by atoms with Crippen molar-refractivity contribution < 1.29 is 14.4 Å². The van der Waals surface area contributed by atoms with Crippen LogP contribution in [0.2, 0.25) is 10.0 Å². The number of carbonyl (C=O) groups is 3. The zero-order valence-corrected chi connectivity index (χ0v) is 18.0. The first-order chi connectivity index (χ1) is 14.9. The second-order valence-corrected chi connectivity index (χ2v) is 8.93. The number of fused-ring (bicyclic) bond motifs is 1. The van der Waals surface area contributed by atoms with Crippen LogP contribution in [0, 0.1) is 0 Å². The van der Waals surface area contributed by atoms with Crippen molar-refractivity contribution in [2.75, 3.05) is 25.0 Å². The van der Waals surface area contributed by atoms with Crippen molar-refractivity contribution >= 4 is 46.9 Å². The van der Waals surface area contributed by atoms with E-state index in [1.54, 1.807) is 28.0 Å². The maximum Gasteiger partial charge on any atom is 0.327 e. The van der Waals surface area contributed by atoms with Gasteiger partial charge in [0.1, 0.15) is 6.04 Å². The quantitative estimate of drug-likeness (QED) is 0.705. The zero-order chi connectivity index (χ0) is 21.7. The summed E-state index contributed by atoms with van der Waals surface area (Å²) in [5, 5.41) is 3.59. The molecule has 2 heterocycles. The van der Waals surface area contributed by atoms with Crippen molar-refractivity contribution in [3.8, 4) is 0 Å². The Morgan fingerprint density at radius 1 is 1.00 bits per heavy atom. The number of imide groups is 1. The highest BCUT2D eigenvalue weighted by Crippen LogP contribution is 2.46. The average molecular weight is 459 g/mol. The third-order valence-corrected chi connectivity index (χ3v) is 6.51. The van der Waals surface area contributed by atoms with Gasteiger partial charge in [-0.15, -0.1) is 0 Å². The Bertz CT molecular complexity index is 1040. The van der Waals surface area contributed by atoms with Crippen molar-refractivity contribution in [1.82, 2.24) is 14.7 Å². The van der Waals surface area contributed by atoms with E-state index < -0.39 is 6.04 Å². The number of piperazine rings is 1. The predicted octanol–water partition coefficient (Wildman–Crippen LogP) is 4.03. The number of hydrogen-bond acceptors (Lipinski definition) is 3. The van der Waals surface area contributed by atoms with Gasteiger partial charge in [0.2, 0.25) is 0 Å². The van der Waals surface area contributed by atoms with Crippen LogP contribution in [-0.4, -0.2) is 64.4 Å². The molecule has 0 radical (unpaired) electrons. The summed E-state index contributed by atoms with van der Waals surface area (Å²) in [5.41, 5.74) is 1.61. The molecular formula is C22H20Cl2N4O3. The van der Waals surface area contributed by atoms with E-state index in [4.69, 9.17) is 23.2 Å². The van der Waals surface area contributed by atoms with E-state index in [2.05, 4.69) is 5.32 Å². The number of rotatable bonds is 3. The zero-order valence-electron chi connectivity index (χ0n) is 16.5. The van der Waals surface area contributed by atoms with Gasteiger partial charge in [0.05, 0.1) is 6.54 Å². The molecule has 160 valence electrons. The summed E-state index contributed by atoms with van der Waals surface area (Å²) < 4.78 is 0. The molecule has 1 aliphatic carbocycles. The first kappa shape index (κ1) is 20.2. The molecular weight excluding hydrogens is 439 g/mol. The second-order valence-electron chi connectivity index (χ2n) is 8.05. The van der Waals surface area contributed by atoms with E-state index in [0.717, 1.165) is 12.0 Å². The summed E-state index contributed by atoms with van der Waals surface area (Å²) >= 11 is 12.0. The van der Waals surface area contributed by atoms with Crippen molar-refractivity contribution in [2.24, 2.45) is 0 Å². The fourth-order valence-electron chi connectivity index (χ4n) is 4.46. The van der Waals surface area contributed by atoms with E-state index in [1.807, 2.05) is 30.3 Å². The van der Waals surface area contributed by atoms with E-state index in [9.17, 15) is 14.4 Å². The lowest BCUT2D eigenvalue weighted by atomic mass is 10.1. The number of urea groups is 2. The fraction of sp³-hybridized carbons (Fsp3) is 0.318. The molecule has 0 aromatic heterocycles. The lowest BCUT2D eigenvalue weighted by Crippen LogP contribution is -2.55. The molecule has 3 atom stereocenters. The van der Waals surface area contributed by atoms with Gasteiger partial charge in [0.15, 0.2) is 0 Å². The van der Waals surface area contributed by atoms with Gasteiger partial charge in [0, 0.05) is 40.8 Å². The summed E-state index contributed by atoms with van der Waals surface area (Å²) in [6.07, 6.45) is 0.780. The highest BCUT2D eigenvalue weighted by Gasteiger charge is 2.56. The van der Waals surface area contributed by atoms with Crippen LogP contribution in [0.3, 0.4) is 0 Å². The van der Waals surface area contributed by atoms with Gasteiger partial charge in [-0.05, 0) is 30.2 Å². The van der Waals surface area contributed by atoms with Crippen LogP contribution in [0.15, 0.2) is 48.5 Å². The number of halogens is 2. The molecule has 5 rings (SSSR count). The minimum absolute atomic E-state index is 0.108. The SMILES string of the molecule is O=C(Nc1cc(Cl)cc(Cl)c1)N1CCN2C(=O)N([C@@H]3C[C@H]3c3ccccc3)C(=O)C2C1. The maximum absolute atomic E-state index is 13.1. The van der Waals surface area contributed by atoms with Crippen LogP contribution in [0.5, 0.6) is 0 Å². The van der Waals surface area contributed by atoms with Crippen molar-refractivity contribution in [3.05, 3.63) is 64.1 Å². The monoisotopic (exact) mass is 458 g/mol. The molecule has 0 bridgehead atoms. The number of anilines is 1. The lowest BCUT2D eigenvalue weighted by Gasteiger charge is -2.35. The molecule has 1 N–H and O–H groups in total. The first-order valence-electron chi connectivity index (χ1n) is 10.1. The normalized spacial score (nSPS) is 25.0. The van der Waals surface area contributed by atoms with E-state index in [0.29, 0.717) is 28.8 Å². The molecule has 31 heavy (non-hydrogen) atoms. The largest absolute Gasteiger partial charge is 0.327 e. The van der Waals surface area contributed by atoms with Gasteiger partial charge in [0.25, 0.3) is 5.91 Å². The molecule has 2 aromatic carbocycles. The highest BCUT2D eigenvalue weighted by atomic mass is 35.5. The van der Waals surface area contributed by atoms with Crippen LogP contribution in [0.4, 0.5) is 15.3 Å². The van der Waals surface area contributed by atoms with Gasteiger partial charge in [-0.1, -0.05) is 53.5 Å². The number of benzene rings is 2. The van der Waals surface area contributed by atoms with E-state index >= 15 is 0 Å². The topological polar surface area (TPSA) is 73.0 Å². The molecule has 3 aliphatic rings. The summed E-state index contributed by atoms with van der Waals surface area (Å²) in [7, 11) is 0. The molecule has 1 unspecified atom stereocenters. The summed E-state index contributed by atoms with van der Waals surface area (Å²) in [4.78, 5) is 43.3. The molecule has 3 fully saturated rings. The van der Waals surface area contributed by atoms with E-state index in [1.165, 1.54) is 4.90 Å². The van der Waals surface area contributed by atoms with Crippen molar-refractivity contribution in [1.29, 1.82) is 0 Å². The molecule has 9 heteroatoms. The van der Waals surface area contributed by atoms with Crippen LogP contribution in [0.25, 0.3) is 0 Å². The number of nitrogens with one attached hydrogen (secondary N) is 1. The molecule has 2 aromatic rings. The molecule has 5 amide bonds. The Morgan fingerprint density at radius 3 is 2.42 bits per heavy atom. The number of carbonyl (C=O) groups excluding carboxylic acids is 3. The minimum Gasteiger partial charge on any atom is -0.320 e. The lowest BCUT2D eigenvalue weighted by molar-refractivity contribution is -0.129. The van der Waals surface area contributed by atoms with Gasteiger partial charge < -0.3 is 15.1 Å². The van der Waals surface area contributed by atoms with Crippen LogP contribution in [-0.2, 0) is 4.79 Å². The predicted molar refractivity (Wildman–Crippen MR) is 117 cm³/mol. The maximum atomic E-state index is 13.1. The Labute approximate surface area is 189 Å². The highest BCUT2D eigenvalue weighted by molar-refractivity contribution is 6.35. The molecule has 2 aliphatic heterocycles. The van der Waals surface area contributed by atoms with Crippen LogP contribution >= 0.6 is 23.2 Å². The minimum atomic E-state index is -0.646. The third-order valence-electron chi connectivity index (χ3n) is 6.07. The van der Waals surface area contributed by atoms with Gasteiger partial charge >= 0.3 is 12.1 Å². The second kappa shape index (κ2) is 7.73. The van der Waals surface area contributed by atoms with Gasteiger partial charge in [-0.25, -0.2) is 9.59 Å². The standard InChI is InChI=1S/C22H20Cl2N4O3/c23-14-8-15(24)10-16(9-14)25-21(30)26-6-7-27-19(12-26)20(29)28(22(27)31)18-11-17(18)13-4-2-1-3-5-13/h1-5,8-10,17-19H,6-7,11-12H2,(H,25,30)/t17-,18+,19?/m0/s1. The molecule has 1 saturated carbocycles. The summed E-state index contributed by atoms with van der Waals surface area (Å²) in [6, 6.07) is 13.3. The first-order valence-corrected chi connectivity index (χ1v) is 10.9. The summed E-state index contributed by atoms with van der Waals surface area (Å²) in [6.45, 7) is 0.818. The molecule has 7 nitrogen and oxygen atoms in total. The van der Waals surface area contributed by atoms with Crippen molar-refractivity contribution in [2.45, 2.75) is 24.4 Å². The Hall–Kier alpha value is -2.77. The van der Waals surface area contributed by atoms with Crippen LogP contribution < -0.4 is 5.32 Å². The van der Waals surface area contributed by atoms with Crippen LogP contribution in [0.1, 0.15) is 17.9 Å². The number of amides is 5. The molecule has 0 spiro atoms. The average Bonchev–Trinajstić information content (AvgIpc) is 3.49. The van der Waals surface area contributed by atoms with Gasteiger partial charge in [-0.3, -0.25) is 9.69 Å². The van der Waals surface area contributed by atoms with Crippen molar-refractivity contribution in [3.63, 3.8) is 0 Å². The number of nitrogens with zero attached hydrogens (tertiary/aromatic N) is 3. The molecule has 2 saturated heterocycles. The Balaban J connectivity index is 1.26.